The summed E-state index contributed by atoms with van der Waals surface area (Å²) in [6.07, 6.45) is 2.27. The van der Waals surface area contributed by atoms with Crippen LogP contribution in [0.2, 0.25) is 0 Å². The smallest absolute Gasteiger partial charge is 0.337 e. The van der Waals surface area contributed by atoms with E-state index in [1.54, 1.807) is 12.1 Å². The standard InChI is InChI=1S/C15H19N3O3/c16-10-2-3-13(11(7-10)15(20)21)18-6-5-12-9(8-18)1-4-14(19)17-12/h2-3,7,9,12H,1,4-6,8,16H2,(H,17,19)(H,20,21). The topological polar surface area (TPSA) is 95.7 Å². The van der Waals surface area contributed by atoms with Crippen LogP contribution in [0.1, 0.15) is 29.6 Å². The van der Waals surface area contributed by atoms with Crippen LogP contribution >= 0.6 is 0 Å². The van der Waals surface area contributed by atoms with Crippen molar-refractivity contribution in [3.05, 3.63) is 23.8 Å². The van der Waals surface area contributed by atoms with Crippen molar-refractivity contribution in [3.8, 4) is 0 Å². The van der Waals surface area contributed by atoms with Crippen LogP contribution in [0.15, 0.2) is 18.2 Å². The molecule has 2 aliphatic heterocycles. The predicted octanol–water partition coefficient (Wildman–Crippen LogP) is 1.07. The fourth-order valence-electron chi connectivity index (χ4n) is 3.33. The van der Waals surface area contributed by atoms with E-state index in [1.165, 1.54) is 6.07 Å². The van der Waals surface area contributed by atoms with Gasteiger partial charge in [-0.3, -0.25) is 4.79 Å². The highest BCUT2D eigenvalue weighted by Crippen LogP contribution is 2.31. The highest BCUT2D eigenvalue weighted by Gasteiger charge is 2.34. The number of fused-ring (bicyclic) bond motifs is 1. The van der Waals surface area contributed by atoms with Crippen LogP contribution in [0.4, 0.5) is 11.4 Å². The lowest BCUT2D eigenvalue weighted by molar-refractivity contribution is -0.124. The summed E-state index contributed by atoms with van der Waals surface area (Å²) in [7, 11) is 0. The molecule has 0 aromatic heterocycles. The van der Waals surface area contributed by atoms with Gasteiger partial charge in [0, 0.05) is 31.2 Å². The van der Waals surface area contributed by atoms with E-state index in [0.717, 1.165) is 25.9 Å². The predicted molar refractivity (Wildman–Crippen MR) is 79.3 cm³/mol. The van der Waals surface area contributed by atoms with Gasteiger partial charge in [0.1, 0.15) is 0 Å². The molecule has 2 heterocycles. The molecule has 2 fully saturated rings. The molecule has 21 heavy (non-hydrogen) atoms. The number of nitrogens with one attached hydrogen (secondary N) is 1. The zero-order valence-electron chi connectivity index (χ0n) is 11.7. The van der Waals surface area contributed by atoms with E-state index in [-0.39, 0.29) is 17.5 Å². The molecule has 1 aromatic carbocycles. The lowest BCUT2D eigenvalue weighted by atomic mass is 9.85. The summed E-state index contributed by atoms with van der Waals surface area (Å²) in [5.74, 6) is -0.449. The van der Waals surface area contributed by atoms with Crippen molar-refractivity contribution in [3.63, 3.8) is 0 Å². The number of hydrogen-bond acceptors (Lipinski definition) is 4. The summed E-state index contributed by atoms with van der Waals surface area (Å²) >= 11 is 0. The number of piperidine rings is 2. The van der Waals surface area contributed by atoms with Gasteiger partial charge >= 0.3 is 5.97 Å². The number of anilines is 2. The number of hydrogen-bond donors (Lipinski definition) is 3. The maximum atomic E-state index is 11.4. The Morgan fingerprint density at radius 1 is 1.38 bits per heavy atom. The number of nitrogens with two attached hydrogens (primary N) is 1. The fourth-order valence-corrected chi connectivity index (χ4v) is 3.33. The van der Waals surface area contributed by atoms with Crippen LogP contribution in [-0.2, 0) is 4.79 Å². The van der Waals surface area contributed by atoms with Gasteiger partial charge in [-0.1, -0.05) is 0 Å². The van der Waals surface area contributed by atoms with Crippen LogP contribution in [0.5, 0.6) is 0 Å². The Hall–Kier alpha value is -2.24. The molecule has 4 N–H and O–H groups in total. The number of nitrogens with zero attached hydrogens (tertiary/aromatic N) is 1. The minimum atomic E-state index is -0.962. The van der Waals surface area contributed by atoms with E-state index in [9.17, 15) is 14.7 Å². The first-order valence-corrected chi connectivity index (χ1v) is 7.21. The molecule has 2 unspecified atom stereocenters. The van der Waals surface area contributed by atoms with Crippen molar-refractivity contribution in [2.24, 2.45) is 5.92 Å². The van der Waals surface area contributed by atoms with Gasteiger partial charge in [-0.15, -0.1) is 0 Å². The Labute approximate surface area is 122 Å². The molecule has 0 saturated carbocycles. The summed E-state index contributed by atoms with van der Waals surface area (Å²) in [4.78, 5) is 24.9. The number of benzene rings is 1. The summed E-state index contributed by atoms with van der Waals surface area (Å²) in [6, 6.07) is 5.24. The third-order valence-corrected chi connectivity index (χ3v) is 4.41. The van der Waals surface area contributed by atoms with Crippen molar-refractivity contribution in [2.75, 3.05) is 23.7 Å². The minimum Gasteiger partial charge on any atom is -0.478 e. The molecular weight excluding hydrogens is 270 g/mol. The van der Waals surface area contributed by atoms with E-state index >= 15 is 0 Å². The van der Waals surface area contributed by atoms with Gasteiger partial charge in [0.25, 0.3) is 0 Å². The van der Waals surface area contributed by atoms with E-state index in [4.69, 9.17) is 5.73 Å². The van der Waals surface area contributed by atoms with Gasteiger partial charge < -0.3 is 21.1 Å². The van der Waals surface area contributed by atoms with Crippen molar-refractivity contribution in [2.45, 2.75) is 25.3 Å². The monoisotopic (exact) mass is 289 g/mol. The zero-order valence-corrected chi connectivity index (χ0v) is 11.7. The highest BCUT2D eigenvalue weighted by atomic mass is 16.4. The summed E-state index contributed by atoms with van der Waals surface area (Å²) in [6.45, 7) is 1.51. The SMILES string of the molecule is Nc1ccc(N2CCC3NC(=O)CCC3C2)c(C(=O)O)c1. The van der Waals surface area contributed by atoms with Crippen LogP contribution < -0.4 is 16.0 Å². The van der Waals surface area contributed by atoms with Crippen molar-refractivity contribution < 1.29 is 14.7 Å². The Kier molecular flexibility index (Phi) is 3.45. The van der Waals surface area contributed by atoms with Gasteiger partial charge in [0.15, 0.2) is 0 Å². The minimum absolute atomic E-state index is 0.128. The molecule has 3 rings (SSSR count). The first-order valence-electron chi connectivity index (χ1n) is 7.21. The van der Waals surface area contributed by atoms with Gasteiger partial charge in [0.2, 0.25) is 5.91 Å². The van der Waals surface area contributed by atoms with Crippen LogP contribution in [0.3, 0.4) is 0 Å². The van der Waals surface area contributed by atoms with Crippen molar-refractivity contribution >= 4 is 23.3 Å². The molecule has 1 aromatic rings. The average Bonchev–Trinajstić information content (AvgIpc) is 2.46. The fraction of sp³-hybridized carbons (Fsp3) is 0.467. The van der Waals surface area contributed by atoms with Gasteiger partial charge in [-0.25, -0.2) is 4.79 Å². The molecule has 2 aliphatic rings. The van der Waals surface area contributed by atoms with E-state index in [0.29, 0.717) is 23.7 Å². The molecular formula is C15H19N3O3. The first-order chi connectivity index (χ1) is 10.0. The first kappa shape index (κ1) is 13.7. The largest absolute Gasteiger partial charge is 0.478 e. The molecule has 2 saturated heterocycles. The Bertz CT molecular complexity index is 588. The molecule has 0 aliphatic carbocycles. The van der Waals surface area contributed by atoms with Gasteiger partial charge in [-0.2, -0.15) is 0 Å². The normalized spacial score (nSPS) is 25.1. The lowest BCUT2D eigenvalue weighted by Crippen LogP contribution is -2.54. The molecule has 0 spiro atoms. The van der Waals surface area contributed by atoms with Gasteiger partial charge in [-0.05, 0) is 37.0 Å². The highest BCUT2D eigenvalue weighted by molar-refractivity contribution is 5.95. The molecule has 112 valence electrons. The van der Waals surface area contributed by atoms with Crippen molar-refractivity contribution in [1.82, 2.24) is 5.32 Å². The number of carbonyl (C=O) groups is 2. The second-order valence-electron chi connectivity index (χ2n) is 5.79. The quantitative estimate of drug-likeness (QED) is 0.708. The Morgan fingerprint density at radius 3 is 2.95 bits per heavy atom. The number of amides is 1. The van der Waals surface area contributed by atoms with E-state index in [1.807, 2.05) is 0 Å². The maximum Gasteiger partial charge on any atom is 0.337 e. The second-order valence-corrected chi connectivity index (χ2v) is 5.79. The third-order valence-electron chi connectivity index (χ3n) is 4.41. The number of carboxylic acid groups (broad SMARTS) is 1. The summed E-state index contributed by atoms with van der Waals surface area (Å²) < 4.78 is 0. The molecule has 2 atom stereocenters. The number of rotatable bonds is 2. The Morgan fingerprint density at radius 2 is 2.19 bits per heavy atom. The molecule has 0 radical (unpaired) electrons. The van der Waals surface area contributed by atoms with Crippen LogP contribution in [0, 0.1) is 5.92 Å². The molecule has 0 bridgehead atoms. The van der Waals surface area contributed by atoms with Crippen LogP contribution in [0.25, 0.3) is 0 Å². The zero-order chi connectivity index (χ0) is 15.0. The number of nitrogen functional groups attached to an aromatic ring is 1. The Balaban J connectivity index is 1.82. The number of carboxylic acids is 1. The van der Waals surface area contributed by atoms with Gasteiger partial charge in [0.05, 0.1) is 11.3 Å². The summed E-state index contributed by atoms with van der Waals surface area (Å²) in [5, 5.41) is 12.4. The molecule has 6 nitrogen and oxygen atoms in total. The number of carbonyl (C=O) groups excluding carboxylic acids is 1. The molecule has 1 amide bonds. The second kappa shape index (κ2) is 5.27. The van der Waals surface area contributed by atoms with Crippen molar-refractivity contribution in [1.29, 1.82) is 0 Å². The van der Waals surface area contributed by atoms with E-state index < -0.39 is 5.97 Å². The summed E-state index contributed by atoms with van der Waals surface area (Å²) in [5.41, 5.74) is 7.10. The molecule has 6 heteroatoms. The van der Waals surface area contributed by atoms with Crippen LogP contribution in [-0.4, -0.2) is 36.1 Å². The lowest BCUT2D eigenvalue weighted by Gasteiger charge is -2.42. The average molecular weight is 289 g/mol. The number of aromatic carboxylic acids is 1. The maximum absolute atomic E-state index is 11.4. The third kappa shape index (κ3) is 2.66. The van der Waals surface area contributed by atoms with E-state index in [2.05, 4.69) is 10.2 Å².